The van der Waals surface area contributed by atoms with Gasteiger partial charge in [-0.15, -0.1) is 0 Å². The van der Waals surface area contributed by atoms with Crippen molar-refractivity contribution >= 4 is 21.6 Å². The van der Waals surface area contributed by atoms with Crippen molar-refractivity contribution in [3.05, 3.63) is 53.5 Å². The lowest BCUT2D eigenvalue weighted by molar-refractivity contribution is 0.0728. The van der Waals surface area contributed by atoms with Crippen molar-refractivity contribution in [3.63, 3.8) is 0 Å². The zero-order valence-corrected chi connectivity index (χ0v) is 15.1. The lowest BCUT2D eigenvalue weighted by atomic mass is 10.00. The van der Waals surface area contributed by atoms with Crippen LogP contribution in [-0.2, 0) is 22.8 Å². The maximum atomic E-state index is 12.7. The highest BCUT2D eigenvalue weighted by Crippen LogP contribution is 2.20. The fraction of sp³-hybridized carbons (Fsp3) is 0.389. The van der Waals surface area contributed by atoms with Crippen LogP contribution < -0.4 is 5.32 Å². The van der Waals surface area contributed by atoms with Gasteiger partial charge in [-0.05, 0) is 24.0 Å². The number of hydrogen-bond donors (Lipinski definition) is 1. The van der Waals surface area contributed by atoms with Crippen LogP contribution >= 0.6 is 0 Å². The molecular formula is C18H20N4O3S. The Balaban J connectivity index is 1.41. The summed E-state index contributed by atoms with van der Waals surface area (Å²) >= 11 is 0. The van der Waals surface area contributed by atoms with Gasteiger partial charge in [0.05, 0.1) is 23.9 Å². The van der Waals surface area contributed by atoms with E-state index in [9.17, 15) is 13.2 Å². The molecule has 1 saturated heterocycles. The van der Waals surface area contributed by atoms with Crippen molar-refractivity contribution < 1.29 is 13.2 Å². The van der Waals surface area contributed by atoms with Gasteiger partial charge in [-0.1, -0.05) is 24.3 Å². The first kappa shape index (κ1) is 17.0. The van der Waals surface area contributed by atoms with E-state index in [4.69, 9.17) is 0 Å². The van der Waals surface area contributed by atoms with E-state index in [1.165, 1.54) is 23.5 Å². The Bertz CT molecular complexity index is 928. The minimum absolute atomic E-state index is 0.114. The maximum absolute atomic E-state index is 12.7. The number of carbonyl (C=O) groups excluding carboxylic acids is 1. The van der Waals surface area contributed by atoms with Gasteiger partial charge in [0, 0.05) is 19.1 Å². The molecule has 0 aliphatic carbocycles. The second-order valence-electron chi connectivity index (χ2n) is 6.78. The summed E-state index contributed by atoms with van der Waals surface area (Å²) in [5.74, 6) is 0.669. The number of rotatable bonds is 3. The van der Waals surface area contributed by atoms with Gasteiger partial charge in [-0.3, -0.25) is 4.79 Å². The summed E-state index contributed by atoms with van der Waals surface area (Å²) in [6.45, 7) is 1.24. The van der Waals surface area contributed by atoms with Crippen LogP contribution in [0, 0.1) is 0 Å². The molecule has 1 unspecified atom stereocenters. The van der Waals surface area contributed by atoms with Crippen LogP contribution in [0.15, 0.2) is 36.7 Å². The minimum atomic E-state index is -2.95. The average molecular weight is 372 g/mol. The molecule has 7 nitrogen and oxygen atoms in total. The van der Waals surface area contributed by atoms with E-state index in [0.29, 0.717) is 31.0 Å². The summed E-state index contributed by atoms with van der Waals surface area (Å²) < 4.78 is 23.0. The number of nitrogens with zero attached hydrogens (tertiary/aromatic N) is 3. The number of amides is 1. The van der Waals surface area contributed by atoms with Gasteiger partial charge in [0.2, 0.25) is 0 Å². The molecule has 8 heteroatoms. The molecule has 26 heavy (non-hydrogen) atoms. The third kappa shape index (κ3) is 3.55. The molecular weight excluding hydrogens is 352 g/mol. The smallest absolute Gasteiger partial charge is 0.274 e. The zero-order chi connectivity index (χ0) is 18.1. The molecule has 0 spiro atoms. The molecule has 1 amide bonds. The quantitative estimate of drug-likeness (QED) is 0.872. The van der Waals surface area contributed by atoms with E-state index < -0.39 is 9.84 Å². The third-order valence-electron chi connectivity index (χ3n) is 4.87. The van der Waals surface area contributed by atoms with Crippen LogP contribution in [0.3, 0.4) is 0 Å². The Morgan fingerprint density at radius 3 is 2.65 bits per heavy atom. The fourth-order valence-electron chi connectivity index (χ4n) is 3.46. The van der Waals surface area contributed by atoms with Crippen molar-refractivity contribution in [2.45, 2.75) is 25.4 Å². The summed E-state index contributed by atoms with van der Waals surface area (Å²) in [5.41, 5.74) is 2.75. The minimum Gasteiger partial charge on any atom is -0.365 e. The predicted molar refractivity (Wildman–Crippen MR) is 97.6 cm³/mol. The predicted octanol–water partition coefficient (Wildman–Crippen LogP) is 1.27. The van der Waals surface area contributed by atoms with Gasteiger partial charge in [-0.2, -0.15) is 0 Å². The molecule has 1 aromatic carbocycles. The Labute approximate surface area is 152 Å². The Morgan fingerprint density at radius 2 is 1.96 bits per heavy atom. The van der Waals surface area contributed by atoms with E-state index in [1.54, 1.807) is 4.90 Å². The number of sulfone groups is 1. The van der Waals surface area contributed by atoms with Crippen LogP contribution in [0.2, 0.25) is 0 Å². The van der Waals surface area contributed by atoms with Crippen molar-refractivity contribution in [2.24, 2.45) is 0 Å². The Hall–Kier alpha value is -2.48. The van der Waals surface area contributed by atoms with Crippen LogP contribution in [0.1, 0.15) is 28.0 Å². The van der Waals surface area contributed by atoms with Gasteiger partial charge in [0.15, 0.2) is 9.84 Å². The normalized spacial score (nSPS) is 21.2. The molecule has 2 aliphatic rings. The molecule has 1 N–H and O–H groups in total. The fourth-order valence-corrected chi connectivity index (χ4v) is 5.14. The molecule has 3 heterocycles. The molecule has 2 aromatic rings. The van der Waals surface area contributed by atoms with E-state index in [-0.39, 0.29) is 23.5 Å². The van der Waals surface area contributed by atoms with E-state index in [1.807, 2.05) is 18.2 Å². The highest BCUT2D eigenvalue weighted by Gasteiger charge is 2.28. The monoisotopic (exact) mass is 372 g/mol. The number of nitrogens with one attached hydrogen (secondary N) is 1. The first-order valence-corrected chi connectivity index (χ1v) is 10.5. The van der Waals surface area contributed by atoms with Crippen LogP contribution in [0.4, 0.5) is 5.82 Å². The van der Waals surface area contributed by atoms with Crippen molar-refractivity contribution in [3.8, 4) is 0 Å². The Morgan fingerprint density at radius 1 is 1.15 bits per heavy atom. The van der Waals surface area contributed by atoms with Crippen LogP contribution in [-0.4, -0.2) is 53.3 Å². The number of aromatic nitrogens is 2. The standard InChI is InChI=1S/C18H20N4O3S/c23-18(22-7-5-13-3-1-2-4-14(13)11-22)16-9-20-17(10-19-16)21-15-6-8-26(24,25)12-15/h1-4,9-10,15H,5-8,11-12H2,(H,20,21). The molecule has 1 atom stereocenters. The summed E-state index contributed by atoms with van der Waals surface area (Å²) in [4.78, 5) is 22.9. The molecule has 0 bridgehead atoms. The van der Waals surface area contributed by atoms with Crippen molar-refractivity contribution in [2.75, 3.05) is 23.4 Å². The molecule has 2 aliphatic heterocycles. The van der Waals surface area contributed by atoms with Gasteiger partial charge >= 0.3 is 0 Å². The number of benzene rings is 1. The summed E-state index contributed by atoms with van der Waals surface area (Å²) in [5, 5.41) is 3.08. The number of carbonyl (C=O) groups is 1. The summed E-state index contributed by atoms with van der Waals surface area (Å²) in [6, 6.07) is 8.00. The van der Waals surface area contributed by atoms with E-state index in [0.717, 1.165) is 6.42 Å². The molecule has 136 valence electrons. The molecule has 1 fully saturated rings. The molecule has 0 radical (unpaired) electrons. The highest BCUT2D eigenvalue weighted by molar-refractivity contribution is 7.91. The van der Waals surface area contributed by atoms with Gasteiger partial charge in [0.1, 0.15) is 11.5 Å². The average Bonchev–Trinajstić information content (AvgIpc) is 2.99. The summed E-state index contributed by atoms with van der Waals surface area (Å²) in [6.07, 6.45) is 4.35. The third-order valence-corrected chi connectivity index (χ3v) is 6.64. The molecule has 0 saturated carbocycles. The first-order valence-electron chi connectivity index (χ1n) is 8.65. The largest absolute Gasteiger partial charge is 0.365 e. The van der Waals surface area contributed by atoms with Crippen molar-refractivity contribution in [1.82, 2.24) is 14.9 Å². The van der Waals surface area contributed by atoms with Gasteiger partial charge < -0.3 is 10.2 Å². The van der Waals surface area contributed by atoms with Crippen molar-refractivity contribution in [1.29, 1.82) is 0 Å². The van der Waals surface area contributed by atoms with Crippen LogP contribution in [0.25, 0.3) is 0 Å². The second-order valence-corrected chi connectivity index (χ2v) is 9.01. The molecule has 4 rings (SSSR count). The molecule has 1 aromatic heterocycles. The lowest BCUT2D eigenvalue weighted by Gasteiger charge is -2.28. The zero-order valence-electron chi connectivity index (χ0n) is 14.3. The number of anilines is 1. The summed E-state index contributed by atoms with van der Waals surface area (Å²) in [7, 11) is -2.95. The maximum Gasteiger partial charge on any atom is 0.274 e. The Kier molecular flexibility index (Phi) is 4.36. The second kappa shape index (κ2) is 6.68. The SMILES string of the molecule is O=C(c1cnc(NC2CCS(=O)(=O)C2)cn1)N1CCc2ccccc2C1. The first-order chi connectivity index (χ1) is 12.5. The number of fused-ring (bicyclic) bond motifs is 1. The highest BCUT2D eigenvalue weighted by atomic mass is 32.2. The van der Waals surface area contributed by atoms with E-state index in [2.05, 4.69) is 21.4 Å². The van der Waals surface area contributed by atoms with E-state index >= 15 is 0 Å². The lowest BCUT2D eigenvalue weighted by Crippen LogP contribution is -2.36. The topological polar surface area (TPSA) is 92.3 Å². The van der Waals surface area contributed by atoms with Gasteiger partial charge in [-0.25, -0.2) is 18.4 Å². The number of hydrogen-bond acceptors (Lipinski definition) is 6. The van der Waals surface area contributed by atoms with Gasteiger partial charge in [0.25, 0.3) is 5.91 Å². The van der Waals surface area contributed by atoms with Crippen LogP contribution in [0.5, 0.6) is 0 Å².